The van der Waals surface area contributed by atoms with E-state index in [1.54, 1.807) is 18.4 Å². The van der Waals surface area contributed by atoms with E-state index in [-0.39, 0.29) is 0 Å². The summed E-state index contributed by atoms with van der Waals surface area (Å²) in [6.07, 6.45) is 0.939. The molecule has 0 saturated heterocycles. The largest absolute Gasteiger partial charge is 0.496 e. The van der Waals surface area contributed by atoms with Crippen LogP contribution in [0.25, 0.3) is 0 Å². The van der Waals surface area contributed by atoms with E-state index in [1.165, 1.54) is 10.6 Å². The van der Waals surface area contributed by atoms with Crippen molar-refractivity contribution in [2.75, 3.05) is 14.2 Å². The van der Waals surface area contributed by atoms with Crippen LogP contribution in [0.1, 0.15) is 29.2 Å². The molecule has 4 nitrogen and oxygen atoms in total. The Morgan fingerprint density at radius 1 is 1.47 bits per heavy atom. The van der Waals surface area contributed by atoms with Crippen LogP contribution in [0.2, 0.25) is 0 Å². The molecule has 1 N–H and O–H groups in total. The summed E-state index contributed by atoms with van der Waals surface area (Å²) >= 11 is 1.73. The molecule has 0 radical (unpaired) electrons. The zero-order valence-corrected chi connectivity index (χ0v) is 12.8. The second-order valence-electron chi connectivity index (χ2n) is 4.53. The minimum Gasteiger partial charge on any atom is -0.496 e. The molecule has 0 aliphatic heterocycles. The van der Waals surface area contributed by atoms with E-state index < -0.39 is 0 Å². The average Bonchev–Trinajstić information content (AvgIpc) is 3.01. The molecule has 0 aromatic carbocycles. The molecule has 2 aromatic rings. The molecule has 104 valence electrons. The van der Waals surface area contributed by atoms with Gasteiger partial charge in [0, 0.05) is 35.0 Å². The normalized spacial score (nSPS) is 12.6. The molecule has 0 amide bonds. The van der Waals surface area contributed by atoms with Gasteiger partial charge in [-0.15, -0.1) is 11.3 Å². The van der Waals surface area contributed by atoms with Gasteiger partial charge < -0.3 is 10.1 Å². The molecule has 2 rings (SSSR count). The Balaban J connectivity index is 2.18. The topological polar surface area (TPSA) is 39.1 Å². The Bertz CT molecular complexity index is 533. The van der Waals surface area contributed by atoms with E-state index in [1.807, 2.05) is 19.4 Å². The first-order valence-corrected chi connectivity index (χ1v) is 7.38. The number of thiophene rings is 1. The Hall–Kier alpha value is -1.33. The monoisotopic (exact) mass is 279 g/mol. The molecule has 2 aromatic heterocycles. The van der Waals surface area contributed by atoms with Crippen molar-refractivity contribution in [3.63, 3.8) is 0 Å². The van der Waals surface area contributed by atoms with Gasteiger partial charge in [-0.05, 0) is 33.0 Å². The minimum absolute atomic E-state index is 0.301. The van der Waals surface area contributed by atoms with Crippen molar-refractivity contribution in [3.8, 4) is 5.75 Å². The van der Waals surface area contributed by atoms with Crippen molar-refractivity contribution < 1.29 is 4.74 Å². The van der Waals surface area contributed by atoms with E-state index in [4.69, 9.17) is 4.74 Å². The SMILES string of the molecule is CCn1nc(C)cc1CC(NC)c1cc(OC)cs1. The highest BCUT2D eigenvalue weighted by atomic mass is 32.1. The first-order chi connectivity index (χ1) is 9.17. The Morgan fingerprint density at radius 2 is 2.26 bits per heavy atom. The van der Waals surface area contributed by atoms with Crippen LogP contribution in [0.4, 0.5) is 0 Å². The number of aromatic nitrogens is 2. The number of hydrogen-bond acceptors (Lipinski definition) is 4. The number of aryl methyl sites for hydroxylation is 2. The van der Waals surface area contributed by atoms with Crippen molar-refractivity contribution in [2.24, 2.45) is 0 Å². The molecule has 1 atom stereocenters. The molecule has 2 heterocycles. The third-order valence-electron chi connectivity index (χ3n) is 3.22. The first-order valence-electron chi connectivity index (χ1n) is 6.51. The van der Waals surface area contributed by atoms with Crippen molar-refractivity contribution in [1.29, 1.82) is 0 Å². The molecular weight excluding hydrogens is 258 g/mol. The number of ether oxygens (including phenoxy) is 1. The van der Waals surface area contributed by atoms with Gasteiger partial charge in [0.05, 0.1) is 12.8 Å². The molecule has 0 saturated carbocycles. The van der Waals surface area contributed by atoms with Crippen LogP contribution in [-0.2, 0) is 13.0 Å². The van der Waals surface area contributed by atoms with Crippen LogP contribution in [0, 0.1) is 6.92 Å². The standard InChI is InChI=1S/C14H21N3OS/c1-5-17-11(6-10(2)16-17)7-13(15-3)14-8-12(18-4)9-19-14/h6,8-9,13,15H,5,7H2,1-4H3. The summed E-state index contributed by atoms with van der Waals surface area (Å²) < 4.78 is 7.33. The number of hydrogen-bond donors (Lipinski definition) is 1. The molecule has 5 heteroatoms. The Labute approximate surface area is 118 Å². The maximum Gasteiger partial charge on any atom is 0.129 e. The lowest BCUT2D eigenvalue weighted by atomic mass is 10.1. The third kappa shape index (κ3) is 3.16. The van der Waals surface area contributed by atoms with E-state index in [0.29, 0.717) is 6.04 Å². The predicted octanol–water partition coefficient (Wildman–Crippen LogP) is 2.78. The van der Waals surface area contributed by atoms with Crippen LogP contribution in [0.5, 0.6) is 5.75 Å². The summed E-state index contributed by atoms with van der Waals surface area (Å²) in [7, 11) is 3.70. The zero-order valence-electron chi connectivity index (χ0n) is 11.9. The molecule has 0 fully saturated rings. The summed E-state index contributed by atoms with van der Waals surface area (Å²) in [6, 6.07) is 4.57. The average molecular weight is 279 g/mol. The van der Waals surface area contributed by atoms with Gasteiger partial charge in [0.1, 0.15) is 5.75 Å². The van der Waals surface area contributed by atoms with Gasteiger partial charge in [-0.25, -0.2) is 0 Å². The van der Waals surface area contributed by atoms with E-state index in [0.717, 1.165) is 24.4 Å². The highest BCUT2D eigenvalue weighted by Gasteiger charge is 2.16. The summed E-state index contributed by atoms with van der Waals surface area (Å²) in [4.78, 5) is 1.29. The van der Waals surface area contributed by atoms with Crippen LogP contribution < -0.4 is 10.1 Å². The maximum absolute atomic E-state index is 5.25. The second kappa shape index (κ2) is 6.21. The number of likely N-dealkylation sites (N-methyl/N-ethyl adjacent to an activating group) is 1. The summed E-state index contributed by atoms with van der Waals surface area (Å²) in [5.41, 5.74) is 2.35. The second-order valence-corrected chi connectivity index (χ2v) is 5.47. The molecule has 0 aliphatic rings. The quantitative estimate of drug-likeness (QED) is 0.883. The summed E-state index contributed by atoms with van der Waals surface area (Å²) in [5.74, 6) is 0.931. The van der Waals surface area contributed by atoms with E-state index in [2.05, 4.69) is 34.2 Å². The molecule has 1 unspecified atom stereocenters. The lowest BCUT2D eigenvalue weighted by molar-refractivity contribution is 0.416. The maximum atomic E-state index is 5.25. The van der Waals surface area contributed by atoms with Crippen LogP contribution >= 0.6 is 11.3 Å². The summed E-state index contributed by atoms with van der Waals surface area (Å²) in [6.45, 7) is 5.07. The number of rotatable bonds is 6. The smallest absolute Gasteiger partial charge is 0.129 e. The molecule has 0 bridgehead atoms. The fourth-order valence-electron chi connectivity index (χ4n) is 2.22. The Morgan fingerprint density at radius 3 is 2.84 bits per heavy atom. The molecule has 0 spiro atoms. The highest BCUT2D eigenvalue weighted by Crippen LogP contribution is 2.28. The van der Waals surface area contributed by atoms with Gasteiger partial charge in [0.15, 0.2) is 0 Å². The third-order valence-corrected chi connectivity index (χ3v) is 4.25. The van der Waals surface area contributed by atoms with Crippen molar-refractivity contribution in [3.05, 3.63) is 33.8 Å². The van der Waals surface area contributed by atoms with Gasteiger partial charge in [0.2, 0.25) is 0 Å². The van der Waals surface area contributed by atoms with Gasteiger partial charge in [0.25, 0.3) is 0 Å². The lowest BCUT2D eigenvalue weighted by Gasteiger charge is -2.15. The van der Waals surface area contributed by atoms with Gasteiger partial charge in [-0.2, -0.15) is 5.10 Å². The number of nitrogens with one attached hydrogen (secondary N) is 1. The fraction of sp³-hybridized carbons (Fsp3) is 0.500. The zero-order chi connectivity index (χ0) is 13.8. The van der Waals surface area contributed by atoms with Gasteiger partial charge in [-0.3, -0.25) is 4.68 Å². The highest BCUT2D eigenvalue weighted by molar-refractivity contribution is 7.10. The van der Waals surface area contributed by atoms with E-state index >= 15 is 0 Å². The van der Waals surface area contributed by atoms with Crippen molar-refractivity contribution >= 4 is 11.3 Å². The lowest BCUT2D eigenvalue weighted by Crippen LogP contribution is -2.19. The predicted molar refractivity (Wildman–Crippen MR) is 79.0 cm³/mol. The Kier molecular flexibility index (Phi) is 4.61. The minimum atomic E-state index is 0.301. The molecule has 19 heavy (non-hydrogen) atoms. The van der Waals surface area contributed by atoms with Crippen LogP contribution in [0.15, 0.2) is 17.5 Å². The fourth-order valence-corrected chi connectivity index (χ4v) is 3.18. The van der Waals surface area contributed by atoms with Crippen LogP contribution in [-0.4, -0.2) is 23.9 Å². The van der Waals surface area contributed by atoms with E-state index in [9.17, 15) is 0 Å². The first kappa shape index (κ1) is 14.1. The number of nitrogens with zero attached hydrogens (tertiary/aromatic N) is 2. The molecular formula is C14H21N3OS. The van der Waals surface area contributed by atoms with Gasteiger partial charge in [-0.1, -0.05) is 0 Å². The van der Waals surface area contributed by atoms with Crippen molar-refractivity contribution in [2.45, 2.75) is 32.9 Å². The van der Waals surface area contributed by atoms with Crippen LogP contribution in [0.3, 0.4) is 0 Å². The summed E-state index contributed by atoms with van der Waals surface area (Å²) in [5, 5.41) is 9.92. The van der Waals surface area contributed by atoms with Gasteiger partial charge >= 0.3 is 0 Å². The molecule has 0 aliphatic carbocycles. The number of methoxy groups -OCH3 is 1. The van der Waals surface area contributed by atoms with Crippen molar-refractivity contribution in [1.82, 2.24) is 15.1 Å².